The van der Waals surface area contributed by atoms with Gasteiger partial charge in [0.15, 0.2) is 0 Å². The Morgan fingerprint density at radius 3 is 2.74 bits per heavy atom. The van der Waals surface area contributed by atoms with E-state index in [0.717, 1.165) is 25.1 Å². The maximum Gasteiger partial charge on any atom is 0.316 e. The third-order valence-corrected chi connectivity index (χ3v) is 4.37. The first-order chi connectivity index (χ1) is 11.3. The summed E-state index contributed by atoms with van der Waals surface area (Å²) in [6.07, 6.45) is 7.20. The molecule has 4 nitrogen and oxygen atoms in total. The van der Waals surface area contributed by atoms with Crippen LogP contribution in [0.2, 0.25) is 0 Å². The van der Waals surface area contributed by atoms with E-state index in [-0.39, 0.29) is 0 Å². The number of rotatable bonds is 6. The van der Waals surface area contributed by atoms with Crippen LogP contribution in [0.4, 0.5) is 0 Å². The predicted molar refractivity (Wildman–Crippen MR) is 91.6 cm³/mol. The molecule has 122 valence electrons. The van der Waals surface area contributed by atoms with Gasteiger partial charge in [-0.2, -0.15) is 0 Å². The predicted octanol–water partition coefficient (Wildman–Crippen LogP) is 3.12. The Balaban J connectivity index is 1.43. The molecule has 0 N–H and O–H groups in total. The van der Waals surface area contributed by atoms with Crippen LogP contribution in [0.1, 0.15) is 24.0 Å². The molecule has 4 heteroatoms. The minimum Gasteiger partial charge on any atom is -0.463 e. The smallest absolute Gasteiger partial charge is 0.316 e. The van der Waals surface area contributed by atoms with Gasteiger partial charge in [0.2, 0.25) is 0 Å². The van der Waals surface area contributed by atoms with Crippen LogP contribution in [0, 0.1) is 12.8 Å². The van der Waals surface area contributed by atoms with Crippen molar-refractivity contribution < 1.29 is 4.74 Å². The first-order valence-electron chi connectivity index (χ1n) is 8.47. The molecule has 1 aromatic carbocycles. The lowest BCUT2D eigenvalue weighted by molar-refractivity contribution is 0.126. The molecule has 1 fully saturated rings. The number of aryl methyl sites for hydroxylation is 1. The van der Waals surface area contributed by atoms with Crippen LogP contribution in [0.3, 0.4) is 0 Å². The number of hydrogen-bond donors (Lipinski definition) is 0. The van der Waals surface area contributed by atoms with Crippen LogP contribution in [-0.2, 0) is 6.42 Å². The molecule has 0 spiro atoms. The van der Waals surface area contributed by atoms with Crippen molar-refractivity contribution in [3.8, 4) is 6.01 Å². The van der Waals surface area contributed by atoms with E-state index in [0.29, 0.717) is 18.5 Å². The summed E-state index contributed by atoms with van der Waals surface area (Å²) in [7, 11) is 0. The maximum absolute atomic E-state index is 5.76. The molecule has 2 heterocycles. The normalized spacial score (nSPS) is 18.7. The van der Waals surface area contributed by atoms with E-state index in [1.807, 2.05) is 6.92 Å². The van der Waals surface area contributed by atoms with Crippen molar-refractivity contribution in [1.29, 1.82) is 0 Å². The van der Waals surface area contributed by atoms with Crippen LogP contribution in [-0.4, -0.2) is 41.1 Å². The second-order valence-corrected chi connectivity index (χ2v) is 6.40. The highest BCUT2D eigenvalue weighted by Gasteiger charge is 2.20. The number of benzene rings is 1. The Kier molecular flexibility index (Phi) is 5.59. The molecule has 1 saturated heterocycles. The van der Waals surface area contributed by atoms with Crippen molar-refractivity contribution in [1.82, 2.24) is 14.9 Å². The Bertz CT molecular complexity index is 585. The zero-order chi connectivity index (χ0) is 15.9. The molecule has 23 heavy (non-hydrogen) atoms. The highest BCUT2D eigenvalue weighted by molar-refractivity contribution is 5.14. The van der Waals surface area contributed by atoms with E-state index in [1.165, 1.54) is 24.9 Å². The summed E-state index contributed by atoms with van der Waals surface area (Å²) in [5, 5.41) is 0. The van der Waals surface area contributed by atoms with Gasteiger partial charge in [-0.25, -0.2) is 9.97 Å². The van der Waals surface area contributed by atoms with E-state index in [2.05, 4.69) is 45.2 Å². The van der Waals surface area contributed by atoms with Gasteiger partial charge in [0, 0.05) is 31.4 Å². The van der Waals surface area contributed by atoms with Crippen LogP contribution in [0.5, 0.6) is 6.01 Å². The lowest BCUT2D eigenvalue weighted by Gasteiger charge is -2.32. The molecular weight excluding hydrogens is 286 g/mol. The largest absolute Gasteiger partial charge is 0.463 e. The minimum atomic E-state index is 0.497. The highest BCUT2D eigenvalue weighted by Crippen LogP contribution is 2.18. The van der Waals surface area contributed by atoms with Gasteiger partial charge in [-0.3, -0.25) is 0 Å². The fourth-order valence-electron chi connectivity index (χ4n) is 3.07. The first-order valence-corrected chi connectivity index (χ1v) is 8.47. The van der Waals surface area contributed by atoms with Gasteiger partial charge in [-0.05, 0) is 43.9 Å². The Labute approximate surface area is 138 Å². The molecule has 1 aliphatic heterocycles. The van der Waals surface area contributed by atoms with E-state index in [1.54, 1.807) is 12.4 Å². The average molecular weight is 311 g/mol. The molecule has 1 aromatic heterocycles. The van der Waals surface area contributed by atoms with Crippen molar-refractivity contribution in [2.75, 3.05) is 26.2 Å². The molecule has 3 rings (SSSR count). The topological polar surface area (TPSA) is 38.2 Å². The average Bonchev–Trinajstić information content (AvgIpc) is 2.61. The van der Waals surface area contributed by atoms with Crippen molar-refractivity contribution in [2.45, 2.75) is 26.2 Å². The first kappa shape index (κ1) is 15.9. The van der Waals surface area contributed by atoms with Gasteiger partial charge in [0.25, 0.3) is 0 Å². The quantitative estimate of drug-likeness (QED) is 0.821. The summed E-state index contributed by atoms with van der Waals surface area (Å²) >= 11 is 0. The third-order valence-electron chi connectivity index (χ3n) is 4.37. The monoisotopic (exact) mass is 311 g/mol. The molecule has 1 aliphatic rings. The summed E-state index contributed by atoms with van der Waals surface area (Å²) in [5.74, 6) is 0.574. The molecule has 1 atom stereocenters. The molecule has 2 aromatic rings. The Morgan fingerprint density at radius 1 is 1.17 bits per heavy atom. The molecular formula is C19H25N3O. The number of aromatic nitrogens is 2. The standard InChI is InChI=1S/C19H25N3O/c1-16-12-20-19(21-13-16)23-15-18-8-5-10-22(14-18)11-9-17-6-3-2-4-7-17/h2-4,6-7,12-13,18H,5,8-11,14-15H2,1H3. The maximum atomic E-state index is 5.76. The second kappa shape index (κ2) is 8.06. The zero-order valence-corrected chi connectivity index (χ0v) is 13.8. The molecule has 1 unspecified atom stereocenters. The van der Waals surface area contributed by atoms with Gasteiger partial charge in [0.1, 0.15) is 0 Å². The van der Waals surface area contributed by atoms with E-state index in [9.17, 15) is 0 Å². The lowest BCUT2D eigenvalue weighted by atomic mass is 9.98. The van der Waals surface area contributed by atoms with Gasteiger partial charge in [-0.1, -0.05) is 30.3 Å². The Hall–Kier alpha value is -1.94. The number of hydrogen-bond acceptors (Lipinski definition) is 4. The lowest BCUT2D eigenvalue weighted by Crippen LogP contribution is -2.38. The van der Waals surface area contributed by atoms with Crippen LogP contribution in [0.25, 0.3) is 0 Å². The van der Waals surface area contributed by atoms with Gasteiger partial charge >= 0.3 is 6.01 Å². The van der Waals surface area contributed by atoms with Crippen molar-refractivity contribution in [3.63, 3.8) is 0 Å². The number of piperidine rings is 1. The zero-order valence-electron chi connectivity index (χ0n) is 13.8. The van der Waals surface area contributed by atoms with Crippen molar-refractivity contribution in [3.05, 3.63) is 53.9 Å². The SMILES string of the molecule is Cc1cnc(OCC2CCCN(CCc3ccccc3)C2)nc1. The summed E-state index contributed by atoms with van der Waals surface area (Å²) < 4.78 is 5.76. The molecule has 0 radical (unpaired) electrons. The molecule has 0 aliphatic carbocycles. The third kappa shape index (κ3) is 5.03. The minimum absolute atomic E-state index is 0.497. The van der Waals surface area contributed by atoms with Gasteiger partial charge in [0.05, 0.1) is 6.61 Å². The van der Waals surface area contributed by atoms with Gasteiger partial charge in [-0.15, -0.1) is 0 Å². The summed E-state index contributed by atoms with van der Waals surface area (Å²) in [4.78, 5) is 11.0. The fourth-order valence-corrected chi connectivity index (χ4v) is 3.07. The highest BCUT2D eigenvalue weighted by atomic mass is 16.5. The summed E-state index contributed by atoms with van der Waals surface area (Å²) in [5.41, 5.74) is 2.47. The molecule has 0 bridgehead atoms. The Morgan fingerprint density at radius 2 is 1.96 bits per heavy atom. The second-order valence-electron chi connectivity index (χ2n) is 6.40. The van der Waals surface area contributed by atoms with E-state index >= 15 is 0 Å². The summed E-state index contributed by atoms with van der Waals surface area (Å²) in [6.45, 7) is 6.13. The fraction of sp³-hybridized carbons (Fsp3) is 0.474. The van der Waals surface area contributed by atoms with Crippen molar-refractivity contribution >= 4 is 0 Å². The van der Waals surface area contributed by atoms with E-state index in [4.69, 9.17) is 4.74 Å². The number of likely N-dealkylation sites (tertiary alicyclic amines) is 1. The van der Waals surface area contributed by atoms with Crippen LogP contribution >= 0.6 is 0 Å². The number of nitrogens with zero attached hydrogens (tertiary/aromatic N) is 3. The molecule has 0 amide bonds. The van der Waals surface area contributed by atoms with Crippen LogP contribution < -0.4 is 4.74 Å². The summed E-state index contributed by atoms with van der Waals surface area (Å²) in [6, 6.07) is 11.2. The number of ether oxygens (including phenoxy) is 1. The van der Waals surface area contributed by atoms with Gasteiger partial charge < -0.3 is 9.64 Å². The molecule has 0 saturated carbocycles. The van der Waals surface area contributed by atoms with Crippen LogP contribution in [0.15, 0.2) is 42.7 Å². The van der Waals surface area contributed by atoms with Crippen molar-refractivity contribution in [2.24, 2.45) is 5.92 Å². The van der Waals surface area contributed by atoms with E-state index < -0.39 is 0 Å².